The van der Waals surface area contributed by atoms with Crippen molar-refractivity contribution in [3.63, 3.8) is 0 Å². The third kappa shape index (κ3) is 3.01. The molecular formula is C10H11ClN6. The molecule has 0 radical (unpaired) electrons. The highest BCUT2D eigenvalue weighted by Gasteiger charge is 2.04. The fourth-order valence-electron chi connectivity index (χ4n) is 1.21. The maximum absolute atomic E-state index is 5.97. The van der Waals surface area contributed by atoms with Crippen molar-refractivity contribution >= 4 is 23.4 Å². The normalized spacial score (nSPS) is 10.0. The number of aromatic nitrogens is 4. The summed E-state index contributed by atoms with van der Waals surface area (Å²) in [5, 5.41) is 6.41. The van der Waals surface area contributed by atoms with E-state index in [4.69, 9.17) is 11.6 Å². The monoisotopic (exact) mass is 250 g/mol. The van der Waals surface area contributed by atoms with E-state index in [9.17, 15) is 0 Å². The van der Waals surface area contributed by atoms with Gasteiger partial charge in [-0.3, -0.25) is 0 Å². The molecule has 0 amide bonds. The highest BCUT2D eigenvalue weighted by atomic mass is 35.5. The highest BCUT2D eigenvalue weighted by molar-refractivity contribution is 6.32. The number of hydrogen-bond donors (Lipinski definition) is 2. The minimum absolute atomic E-state index is 0.470. The summed E-state index contributed by atoms with van der Waals surface area (Å²) in [7, 11) is 1.75. The zero-order valence-corrected chi connectivity index (χ0v) is 9.94. The lowest BCUT2D eigenvalue weighted by molar-refractivity contribution is 0.991. The zero-order chi connectivity index (χ0) is 12.1. The molecule has 0 aromatic carbocycles. The topological polar surface area (TPSA) is 75.6 Å². The quantitative estimate of drug-likeness (QED) is 0.858. The molecule has 0 fully saturated rings. The number of rotatable bonds is 4. The Balaban J connectivity index is 2.08. The van der Waals surface area contributed by atoms with E-state index >= 15 is 0 Å². The fraction of sp³-hybridized carbons (Fsp3) is 0.200. The molecule has 2 aromatic rings. The number of halogens is 1. The van der Waals surface area contributed by atoms with E-state index in [1.165, 1.54) is 6.33 Å². The van der Waals surface area contributed by atoms with Crippen LogP contribution in [0.15, 0.2) is 24.8 Å². The van der Waals surface area contributed by atoms with E-state index in [1.807, 2.05) is 6.07 Å². The predicted molar refractivity (Wildman–Crippen MR) is 65.9 cm³/mol. The van der Waals surface area contributed by atoms with Gasteiger partial charge in [0, 0.05) is 13.2 Å². The number of nitrogens with zero attached hydrogens (tertiary/aromatic N) is 4. The maximum atomic E-state index is 5.97. The average molecular weight is 251 g/mol. The van der Waals surface area contributed by atoms with Gasteiger partial charge in [0.25, 0.3) is 0 Å². The Morgan fingerprint density at radius 2 is 2.24 bits per heavy atom. The molecule has 0 aliphatic rings. The van der Waals surface area contributed by atoms with Crippen molar-refractivity contribution in [2.24, 2.45) is 0 Å². The molecule has 0 aliphatic heterocycles. The molecule has 17 heavy (non-hydrogen) atoms. The number of nitrogens with one attached hydrogen (secondary N) is 2. The van der Waals surface area contributed by atoms with Crippen LogP contribution >= 0.6 is 11.6 Å². The molecule has 6 nitrogen and oxygen atoms in total. The lowest BCUT2D eigenvalue weighted by Gasteiger charge is -2.07. The molecule has 7 heteroatoms. The van der Waals surface area contributed by atoms with Gasteiger partial charge in [0.05, 0.1) is 18.4 Å². The molecule has 0 atom stereocenters. The number of hydrogen-bond acceptors (Lipinski definition) is 6. The highest BCUT2D eigenvalue weighted by Crippen LogP contribution is 2.19. The molecule has 0 bridgehead atoms. The minimum atomic E-state index is 0.470. The SMILES string of the molecule is CNc1ncc(Cl)c(NCc2ccncn2)n1. The molecule has 2 aromatic heterocycles. The third-order valence-electron chi connectivity index (χ3n) is 2.05. The van der Waals surface area contributed by atoms with Crippen molar-refractivity contribution in [1.82, 2.24) is 19.9 Å². The molecule has 2 heterocycles. The van der Waals surface area contributed by atoms with Crippen molar-refractivity contribution in [3.8, 4) is 0 Å². The Morgan fingerprint density at radius 1 is 1.35 bits per heavy atom. The second kappa shape index (κ2) is 5.40. The molecule has 2 rings (SSSR count). The van der Waals surface area contributed by atoms with Crippen LogP contribution in [0.4, 0.5) is 11.8 Å². The van der Waals surface area contributed by atoms with E-state index in [-0.39, 0.29) is 0 Å². The van der Waals surface area contributed by atoms with Crippen LogP contribution in [0.5, 0.6) is 0 Å². The molecule has 2 N–H and O–H groups in total. The second-order valence-corrected chi connectivity index (χ2v) is 3.60. The Labute approximate surface area is 103 Å². The smallest absolute Gasteiger partial charge is 0.224 e. The van der Waals surface area contributed by atoms with E-state index in [1.54, 1.807) is 19.4 Å². The van der Waals surface area contributed by atoms with E-state index in [0.29, 0.717) is 23.3 Å². The van der Waals surface area contributed by atoms with Crippen LogP contribution in [0.2, 0.25) is 5.02 Å². The van der Waals surface area contributed by atoms with Crippen LogP contribution in [-0.4, -0.2) is 27.0 Å². The lowest BCUT2D eigenvalue weighted by atomic mass is 10.4. The molecule has 0 aliphatic carbocycles. The molecule has 0 spiro atoms. The molecule has 0 unspecified atom stereocenters. The van der Waals surface area contributed by atoms with Crippen molar-refractivity contribution < 1.29 is 0 Å². The van der Waals surface area contributed by atoms with Gasteiger partial charge in [-0.2, -0.15) is 4.98 Å². The molecule has 0 saturated carbocycles. The summed E-state index contributed by atoms with van der Waals surface area (Å²) in [5.74, 6) is 1.09. The van der Waals surface area contributed by atoms with Gasteiger partial charge in [0.1, 0.15) is 11.3 Å². The maximum Gasteiger partial charge on any atom is 0.224 e. The van der Waals surface area contributed by atoms with Gasteiger partial charge >= 0.3 is 0 Å². The van der Waals surface area contributed by atoms with Crippen LogP contribution in [-0.2, 0) is 6.54 Å². The van der Waals surface area contributed by atoms with Crippen LogP contribution < -0.4 is 10.6 Å². The van der Waals surface area contributed by atoms with Crippen LogP contribution in [0.3, 0.4) is 0 Å². The second-order valence-electron chi connectivity index (χ2n) is 3.19. The summed E-state index contributed by atoms with van der Waals surface area (Å²) in [6.45, 7) is 0.530. The van der Waals surface area contributed by atoms with Crippen molar-refractivity contribution in [3.05, 3.63) is 35.5 Å². The predicted octanol–water partition coefficient (Wildman–Crippen LogP) is 1.57. The van der Waals surface area contributed by atoms with E-state index in [2.05, 4.69) is 30.6 Å². The van der Waals surface area contributed by atoms with Crippen LogP contribution in [0, 0.1) is 0 Å². The first-order valence-corrected chi connectivity index (χ1v) is 5.36. The van der Waals surface area contributed by atoms with Gasteiger partial charge in [-0.1, -0.05) is 11.6 Å². The summed E-state index contributed by atoms with van der Waals surface area (Å²) < 4.78 is 0. The number of anilines is 2. The lowest BCUT2D eigenvalue weighted by Crippen LogP contribution is -2.06. The summed E-state index contributed by atoms with van der Waals surface area (Å²) in [4.78, 5) is 16.1. The van der Waals surface area contributed by atoms with E-state index in [0.717, 1.165) is 5.69 Å². The van der Waals surface area contributed by atoms with Crippen LogP contribution in [0.1, 0.15) is 5.69 Å². The fourth-order valence-corrected chi connectivity index (χ4v) is 1.37. The summed E-state index contributed by atoms with van der Waals surface area (Å²) >= 11 is 5.97. The van der Waals surface area contributed by atoms with Crippen molar-refractivity contribution in [1.29, 1.82) is 0 Å². The average Bonchev–Trinajstić information content (AvgIpc) is 2.39. The standard InChI is InChI=1S/C10H11ClN6/c1-12-10-15-5-8(11)9(17-10)14-4-7-2-3-13-6-16-7/h2-3,5-6H,4H2,1H3,(H2,12,14,15,17). The molecule has 88 valence electrons. The van der Waals surface area contributed by atoms with E-state index < -0.39 is 0 Å². The Hall–Kier alpha value is -1.95. The van der Waals surface area contributed by atoms with Gasteiger partial charge in [0.2, 0.25) is 5.95 Å². The summed E-state index contributed by atoms with van der Waals surface area (Å²) in [6.07, 6.45) is 4.73. The van der Waals surface area contributed by atoms with Gasteiger partial charge in [-0.25, -0.2) is 15.0 Å². The first kappa shape index (κ1) is 11.5. The molecule has 0 saturated heterocycles. The van der Waals surface area contributed by atoms with Crippen molar-refractivity contribution in [2.45, 2.75) is 6.54 Å². The Morgan fingerprint density at radius 3 is 2.94 bits per heavy atom. The van der Waals surface area contributed by atoms with Crippen molar-refractivity contribution in [2.75, 3.05) is 17.7 Å². The van der Waals surface area contributed by atoms with Gasteiger partial charge in [-0.05, 0) is 6.07 Å². The van der Waals surface area contributed by atoms with Gasteiger partial charge in [0.15, 0.2) is 5.82 Å². The van der Waals surface area contributed by atoms with Gasteiger partial charge < -0.3 is 10.6 Å². The first-order chi connectivity index (χ1) is 8.29. The Kier molecular flexibility index (Phi) is 3.66. The third-order valence-corrected chi connectivity index (χ3v) is 2.32. The largest absolute Gasteiger partial charge is 0.363 e. The summed E-state index contributed by atoms with van der Waals surface area (Å²) in [6, 6.07) is 1.82. The Bertz CT molecular complexity index is 489. The summed E-state index contributed by atoms with van der Waals surface area (Å²) in [5.41, 5.74) is 0.862. The minimum Gasteiger partial charge on any atom is -0.363 e. The van der Waals surface area contributed by atoms with Gasteiger partial charge in [-0.15, -0.1) is 0 Å². The zero-order valence-electron chi connectivity index (χ0n) is 9.18. The molecular weight excluding hydrogens is 240 g/mol. The first-order valence-electron chi connectivity index (χ1n) is 4.98. The van der Waals surface area contributed by atoms with Crippen LogP contribution in [0.25, 0.3) is 0 Å².